The molecule has 6 nitrogen and oxygen atoms in total. The molecule has 2 aliphatic carbocycles. The summed E-state index contributed by atoms with van der Waals surface area (Å²) in [7, 11) is 0. The topological polar surface area (TPSA) is 77.5 Å². The van der Waals surface area contributed by atoms with Gasteiger partial charge < -0.3 is 14.8 Å². The van der Waals surface area contributed by atoms with Gasteiger partial charge in [0.15, 0.2) is 10.7 Å². The monoisotopic (exact) mass is 378 g/mol. The number of rotatable bonds is 6. The van der Waals surface area contributed by atoms with Crippen LogP contribution in [0.2, 0.25) is 0 Å². The van der Waals surface area contributed by atoms with Crippen molar-refractivity contribution >= 4 is 28.4 Å². The predicted molar refractivity (Wildman–Crippen MR) is 99.7 cm³/mol. The van der Waals surface area contributed by atoms with Crippen molar-refractivity contribution in [1.29, 1.82) is 0 Å². The van der Waals surface area contributed by atoms with Crippen molar-refractivity contribution in [3.63, 3.8) is 0 Å². The quantitative estimate of drug-likeness (QED) is 0.346. The van der Waals surface area contributed by atoms with E-state index >= 15 is 0 Å². The minimum absolute atomic E-state index is 0.0867. The molecule has 0 unspecified atom stereocenters. The fourth-order valence-electron chi connectivity index (χ4n) is 3.43. The first-order valence-electron chi connectivity index (χ1n) is 9.50. The molecule has 1 aromatic rings. The zero-order valence-electron chi connectivity index (χ0n) is 14.9. The van der Waals surface area contributed by atoms with Gasteiger partial charge in [0.2, 0.25) is 0 Å². The Balaban J connectivity index is 1.66. The number of nitrogens with one attached hydrogen (secondary N) is 1. The Labute approximate surface area is 158 Å². The average molecular weight is 378 g/mol. The van der Waals surface area contributed by atoms with Crippen molar-refractivity contribution in [3.05, 3.63) is 23.3 Å². The third-order valence-corrected chi connectivity index (χ3v) is 5.57. The second kappa shape index (κ2) is 9.71. The Kier molecular flexibility index (Phi) is 7.05. The Morgan fingerprint density at radius 2 is 1.50 bits per heavy atom. The van der Waals surface area contributed by atoms with E-state index in [0.29, 0.717) is 5.13 Å². The lowest BCUT2D eigenvalue weighted by Crippen LogP contribution is -2.28. The molecule has 2 saturated carbocycles. The van der Waals surface area contributed by atoms with Crippen LogP contribution in [0.15, 0.2) is 23.3 Å². The SMILES string of the molecule is O=C(OC1CCCCC1)C(=CNc1nccs1)C(=O)OC1CCCCC1. The number of hydrogen-bond donors (Lipinski definition) is 1. The molecule has 7 heteroatoms. The van der Waals surface area contributed by atoms with Crippen LogP contribution in [-0.4, -0.2) is 29.1 Å². The van der Waals surface area contributed by atoms with Gasteiger partial charge in [0.05, 0.1) is 0 Å². The molecule has 1 N–H and O–H groups in total. The number of carbonyl (C=O) groups excluding carboxylic acids is 2. The van der Waals surface area contributed by atoms with Crippen LogP contribution in [0.1, 0.15) is 64.2 Å². The summed E-state index contributed by atoms with van der Waals surface area (Å²) in [6, 6.07) is 0. The Hall–Kier alpha value is -1.89. The van der Waals surface area contributed by atoms with Gasteiger partial charge in [0.25, 0.3) is 0 Å². The van der Waals surface area contributed by atoms with E-state index < -0.39 is 11.9 Å². The first-order valence-corrected chi connectivity index (χ1v) is 10.4. The fourth-order valence-corrected chi connectivity index (χ4v) is 3.92. The van der Waals surface area contributed by atoms with Gasteiger partial charge in [-0.25, -0.2) is 14.6 Å². The summed E-state index contributed by atoms with van der Waals surface area (Å²) in [6.07, 6.45) is 12.8. The molecule has 2 aliphatic rings. The predicted octanol–water partition coefficient (Wildman–Crippen LogP) is 4.19. The molecule has 0 saturated heterocycles. The number of hydrogen-bond acceptors (Lipinski definition) is 7. The molecule has 26 heavy (non-hydrogen) atoms. The van der Waals surface area contributed by atoms with E-state index in [0.717, 1.165) is 51.4 Å². The van der Waals surface area contributed by atoms with Crippen molar-refractivity contribution in [1.82, 2.24) is 4.98 Å². The third kappa shape index (κ3) is 5.56. The molecule has 0 aromatic carbocycles. The van der Waals surface area contributed by atoms with Crippen molar-refractivity contribution in [2.45, 2.75) is 76.4 Å². The molecule has 3 rings (SSSR count). The number of esters is 2. The van der Waals surface area contributed by atoms with E-state index in [1.807, 2.05) is 5.38 Å². The van der Waals surface area contributed by atoms with Crippen LogP contribution in [0.25, 0.3) is 0 Å². The van der Waals surface area contributed by atoms with Crippen molar-refractivity contribution in [2.24, 2.45) is 0 Å². The Bertz CT molecular complexity index is 583. The van der Waals surface area contributed by atoms with Gasteiger partial charge in [-0.2, -0.15) is 0 Å². The first kappa shape index (κ1) is 18.9. The van der Waals surface area contributed by atoms with E-state index in [2.05, 4.69) is 10.3 Å². The van der Waals surface area contributed by atoms with E-state index in [1.165, 1.54) is 30.4 Å². The van der Waals surface area contributed by atoms with E-state index in [1.54, 1.807) is 6.20 Å². The van der Waals surface area contributed by atoms with Crippen LogP contribution in [-0.2, 0) is 19.1 Å². The highest BCUT2D eigenvalue weighted by molar-refractivity contribution is 7.13. The second-order valence-corrected chi connectivity index (χ2v) is 7.76. The fraction of sp³-hybridized carbons (Fsp3) is 0.632. The van der Waals surface area contributed by atoms with Crippen LogP contribution in [0, 0.1) is 0 Å². The van der Waals surface area contributed by atoms with Gasteiger partial charge >= 0.3 is 11.9 Å². The zero-order chi connectivity index (χ0) is 18.2. The summed E-state index contributed by atoms with van der Waals surface area (Å²) in [4.78, 5) is 29.3. The summed E-state index contributed by atoms with van der Waals surface area (Å²) >= 11 is 1.39. The van der Waals surface area contributed by atoms with Gasteiger partial charge in [-0.3, -0.25) is 0 Å². The molecule has 0 atom stereocenters. The average Bonchev–Trinajstić information content (AvgIpc) is 3.17. The number of aromatic nitrogens is 1. The van der Waals surface area contributed by atoms with Gasteiger partial charge in [-0.15, -0.1) is 11.3 Å². The van der Waals surface area contributed by atoms with Gasteiger partial charge in [-0.1, -0.05) is 12.8 Å². The molecular weight excluding hydrogens is 352 g/mol. The largest absolute Gasteiger partial charge is 0.459 e. The maximum absolute atomic E-state index is 12.6. The lowest BCUT2D eigenvalue weighted by molar-refractivity contribution is -0.154. The van der Waals surface area contributed by atoms with Crippen molar-refractivity contribution < 1.29 is 19.1 Å². The second-order valence-electron chi connectivity index (χ2n) is 6.87. The molecule has 0 spiro atoms. The summed E-state index contributed by atoms with van der Waals surface area (Å²) in [5, 5.41) is 5.33. The van der Waals surface area contributed by atoms with Gasteiger partial charge in [-0.05, 0) is 51.4 Å². The molecule has 1 aromatic heterocycles. The van der Waals surface area contributed by atoms with Crippen LogP contribution < -0.4 is 5.32 Å². The van der Waals surface area contributed by atoms with Crippen LogP contribution >= 0.6 is 11.3 Å². The standard InChI is InChI=1S/C19H26N2O4S/c22-17(24-14-7-3-1-4-8-14)16(13-21-19-20-11-12-26-19)18(23)25-15-9-5-2-6-10-15/h11-15H,1-10H2,(H,20,21). The Morgan fingerprint density at radius 1 is 0.962 bits per heavy atom. The smallest absolute Gasteiger partial charge is 0.347 e. The van der Waals surface area contributed by atoms with Crippen LogP contribution in [0.5, 0.6) is 0 Å². The Morgan fingerprint density at radius 3 is 1.96 bits per heavy atom. The van der Waals surface area contributed by atoms with Crippen LogP contribution in [0.4, 0.5) is 5.13 Å². The molecule has 142 valence electrons. The number of thiazole rings is 1. The first-order chi connectivity index (χ1) is 12.7. The summed E-state index contributed by atoms with van der Waals surface area (Å²) in [5.74, 6) is -1.22. The number of carbonyl (C=O) groups is 2. The minimum Gasteiger partial charge on any atom is -0.459 e. The molecule has 0 amide bonds. The number of ether oxygens (including phenoxy) is 2. The highest BCUT2D eigenvalue weighted by atomic mass is 32.1. The zero-order valence-corrected chi connectivity index (χ0v) is 15.8. The van der Waals surface area contributed by atoms with Gasteiger partial charge in [0.1, 0.15) is 12.2 Å². The van der Waals surface area contributed by atoms with Crippen molar-refractivity contribution in [2.75, 3.05) is 5.32 Å². The van der Waals surface area contributed by atoms with Crippen molar-refractivity contribution in [3.8, 4) is 0 Å². The molecule has 0 aliphatic heterocycles. The lowest BCUT2D eigenvalue weighted by atomic mass is 9.97. The molecule has 1 heterocycles. The highest BCUT2D eigenvalue weighted by Crippen LogP contribution is 2.24. The third-order valence-electron chi connectivity index (χ3n) is 4.86. The molecule has 0 radical (unpaired) electrons. The number of nitrogens with zero attached hydrogens (tertiary/aromatic N) is 1. The summed E-state index contributed by atoms with van der Waals surface area (Å²) in [5.41, 5.74) is -0.0867. The van der Waals surface area contributed by atoms with E-state index in [9.17, 15) is 9.59 Å². The van der Waals surface area contributed by atoms with E-state index in [4.69, 9.17) is 9.47 Å². The highest BCUT2D eigenvalue weighted by Gasteiger charge is 2.28. The molecule has 2 fully saturated rings. The number of anilines is 1. The lowest BCUT2D eigenvalue weighted by Gasteiger charge is -2.24. The maximum atomic E-state index is 12.6. The molecular formula is C19H26N2O4S. The normalized spacial score (nSPS) is 18.8. The van der Waals surface area contributed by atoms with Crippen LogP contribution in [0.3, 0.4) is 0 Å². The summed E-state index contributed by atoms with van der Waals surface area (Å²) in [6.45, 7) is 0. The maximum Gasteiger partial charge on any atom is 0.347 e. The minimum atomic E-state index is -0.609. The van der Waals surface area contributed by atoms with E-state index in [-0.39, 0.29) is 17.8 Å². The summed E-state index contributed by atoms with van der Waals surface area (Å²) < 4.78 is 11.1. The van der Waals surface area contributed by atoms with Gasteiger partial charge in [0, 0.05) is 17.8 Å². The molecule has 0 bridgehead atoms.